The van der Waals surface area contributed by atoms with E-state index in [4.69, 9.17) is 23.1 Å². The van der Waals surface area contributed by atoms with Crippen LogP contribution in [0.15, 0.2) is 12.1 Å². The van der Waals surface area contributed by atoms with Gasteiger partial charge in [-0.15, -0.1) is 0 Å². The van der Waals surface area contributed by atoms with Gasteiger partial charge in [-0.2, -0.15) is 0 Å². The van der Waals surface area contributed by atoms with Crippen LogP contribution in [0, 0.1) is 0 Å². The molecule has 2 aromatic rings. The summed E-state index contributed by atoms with van der Waals surface area (Å²) in [5.74, 6) is -0.356. The number of fused-ring (bicyclic) bond motifs is 1. The van der Waals surface area contributed by atoms with Crippen LogP contribution in [0.3, 0.4) is 0 Å². The van der Waals surface area contributed by atoms with Gasteiger partial charge in [0.15, 0.2) is 0 Å². The molecule has 0 aliphatic carbocycles. The molecule has 0 aliphatic rings. The number of pyridine rings is 1. The summed E-state index contributed by atoms with van der Waals surface area (Å²) < 4.78 is 1.57. The topological polar surface area (TPSA) is 86.9 Å². The highest BCUT2D eigenvalue weighted by Gasteiger charge is 2.17. The van der Waals surface area contributed by atoms with Crippen molar-refractivity contribution in [2.24, 2.45) is 5.73 Å². The van der Waals surface area contributed by atoms with Gasteiger partial charge in [0, 0.05) is 5.52 Å². The van der Waals surface area contributed by atoms with E-state index in [1.165, 1.54) is 0 Å². The molecule has 0 fully saturated rings. The molecule has 0 aliphatic heterocycles. The van der Waals surface area contributed by atoms with E-state index < -0.39 is 5.91 Å². The number of halogens is 1. The van der Waals surface area contributed by atoms with Crippen molar-refractivity contribution in [2.45, 2.75) is 0 Å². The van der Waals surface area contributed by atoms with Crippen molar-refractivity contribution in [3.63, 3.8) is 0 Å². The smallest absolute Gasteiger partial charge is 0.320 e. The third kappa shape index (κ3) is 1.47. The molecule has 0 aromatic carbocycles. The highest BCUT2D eigenvalue weighted by Crippen LogP contribution is 2.26. The van der Waals surface area contributed by atoms with Crippen LogP contribution in [0.2, 0.25) is 5.15 Å². The van der Waals surface area contributed by atoms with Crippen LogP contribution in [0.25, 0.3) is 11.0 Å². The molecule has 1 amide bonds. The van der Waals surface area contributed by atoms with Gasteiger partial charge < -0.3 is 15.0 Å². The van der Waals surface area contributed by atoms with E-state index in [1.54, 1.807) is 15.7 Å². The molecule has 0 spiro atoms. The number of carbonyl (C=O) groups excluding carboxylic acids is 1. The molecular weight excluding hydrogens is 231 g/mol. The lowest BCUT2D eigenvalue weighted by atomic mass is 10.2. The number of amides is 1. The normalized spacial score (nSPS) is 10.7. The van der Waals surface area contributed by atoms with E-state index in [1.807, 2.05) is 0 Å². The minimum atomic E-state index is -0.617. The molecule has 15 heavy (non-hydrogen) atoms. The van der Waals surface area contributed by atoms with Gasteiger partial charge in [-0.25, -0.2) is 4.98 Å². The molecule has 0 atom stereocenters. The molecule has 0 saturated carbocycles. The Bertz CT molecular complexity index is 565. The predicted octanol–water partition coefficient (Wildman–Crippen LogP) is 0.302. The van der Waals surface area contributed by atoms with Crippen molar-refractivity contribution >= 4 is 50.9 Å². The lowest BCUT2D eigenvalue weighted by Gasteiger charge is -1.99. The van der Waals surface area contributed by atoms with Crippen LogP contribution in [-0.2, 0) is 0 Å². The summed E-state index contributed by atoms with van der Waals surface area (Å²) >= 11 is 8.12. The third-order valence-electron chi connectivity index (χ3n) is 2.10. The van der Waals surface area contributed by atoms with E-state index >= 15 is 0 Å². The number of nitrogen functional groups attached to an aromatic ring is 1. The van der Waals surface area contributed by atoms with Gasteiger partial charge in [0.25, 0.3) is 5.91 Å². The Morgan fingerprint density at radius 1 is 1.53 bits per heavy atom. The zero-order valence-corrected chi connectivity index (χ0v) is 9.48. The lowest BCUT2D eigenvalue weighted by Crippen LogP contribution is -2.13. The number of aromatic nitrogens is 2. The molecule has 2 heterocycles. The first-order chi connectivity index (χ1) is 7.02. The van der Waals surface area contributed by atoms with Gasteiger partial charge in [0.1, 0.15) is 16.2 Å². The molecule has 5 nitrogen and oxygen atoms in total. The maximum atomic E-state index is 11.2. The molecule has 2 radical (unpaired) electrons. The average Bonchev–Trinajstić information content (AvgIpc) is 2.39. The Morgan fingerprint density at radius 3 is 2.80 bits per heavy atom. The quantitative estimate of drug-likeness (QED) is 0.552. The van der Waals surface area contributed by atoms with Gasteiger partial charge in [0.2, 0.25) is 0 Å². The molecular formula is C8H6AlClN4O. The minimum Gasteiger partial charge on any atom is -0.438 e. The summed E-state index contributed by atoms with van der Waals surface area (Å²) in [6, 6.07) is 3.34. The molecule has 7 heteroatoms. The van der Waals surface area contributed by atoms with Crippen LogP contribution in [0.1, 0.15) is 10.4 Å². The van der Waals surface area contributed by atoms with Gasteiger partial charge in [-0.1, -0.05) is 11.6 Å². The molecule has 0 unspecified atom stereocenters. The van der Waals surface area contributed by atoms with Crippen molar-refractivity contribution in [1.29, 1.82) is 0 Å². The number of anilines is 1. The molecule has 4 N–H and O–H groups in total. The molecule has 2 aromatic heterocycles. The molecule has 0 bridgehead atoms. The highest BCUT2D eigenvalue weighted by atomic mass is 35.5. The van der Waals surface area contributed by atoms with Crippen LogP contribution in [0.5, 0.6) is 0 Å². The van der Waals surface area contributed by atoms with Crippen LogP contribution in [-0.4, -0.2) is 31.0 Å². The zero-order valence-electron chi connectivity index (χ0n) is 7.57. The number of nitrogens with two attached hydrogens (primary N) is 2. The fourth-order valence-corrected chi connectivity index (χ4v) is 1.91. The molecule has 0 saturated heterocycles. The second-order valence-electron chi connectivity index (χ2n) is 3.00. The predicted molar refractivity (Wildman–Crippen MR) is 58.8 cm³/mol. The minimum absolute atomic E-state index is 0.197. The van der Waals surface area contributed by atoms with Crippen LogP contribution < -0.4 is 11.5 Å². The second kappa shape index (κ2) is 3.42. The Kier molecular flexibility index (Phi) is 2.35. The third-order valence-corrected chi connectivity index (χ3v) is 2.87. The van der Waals surface area contributed by atoms with Gasteiger partial charge >= 0.3 is 16.5 Å². The van der Waals surface area contributed by atoms with Crippen LogP contribution >= 0.6 is 11.6 Å². The number of nitrogens with zero attached hydrogens (tertiary/aromatic N) is 2. The van der Waals surface area contributed by atoms with Crippen molar-refractivity contribution in [2.75, 3.05) is 5.73 Å². The van der Waals surface area contributed by atoms with Crippen molar-refractivity contribution in [3.05, 3.63) is 22.8 Å². The summed E-state index contributed by atoms with van der Waals surface area (Å²) in [5.41, 5.74) is 12.3. The summed E-state index contributed by atoms with van der Waals surface area (Å²) in [6.45, 7) is 0. The van der Waals surface area contributed by atoms with Crippen molar-refractivity contribution in [3.8, 4) is 0 Å². The summed E-state index contributed by atoms with van der Waals surface area (Å²) in [5, 5.41) is 0.292. The van der Waals surface area contributed by atoms with Gasteiger partial charge in [0.05, 0.1) is 5.82 Å². The Morgan fingerprint density at radius 2 is 2.20 bits per heavy atom. The van der Waals surface area contributed by atoms with Crippen LogP contribution in [0.4, 0.5) is 5.82 Å². The number of hydrogen-bond donors (Lipinski definition) is 2. The van der Waals surface area contributed by atoms with E-state index in [9.17, 15) is 4.79 Å². The average molecular weight is 237 g/mol. The summed E-state index contributed by atoms with van der Waals surface area (Å²) in [4.78, 5) is 15.2. The number of primary amides is 1. The standard InChI is InChI=1S/C8H7ClN4O.Al/c9-4-2-1-3-6(13-4)5(8(11)14)7(10)12-3;/h1-2H,(H5,10,11,12,13,14);/q;+1/p-1. The van der Waals surface area contributed by atoms with E-state index in [-0.39, 0.29) is 11.4 Å². The maximum absolute atomic E-state index is 11.2. The highest BCUT2D eigenvalue weighted by molar-refractivity contribution is 6.30. The van der Waals surface area contributed by atoms with Crippen molar-refractivity contribution in [1.82, 2.24) is 8.53 Å². The first-order valence-electron chi connectivity index (χ1n) is 4.03. The monoisotopic (exact) mass is 236 g/mol. The fourth-order valence-electron chi connectivity index (χ4n) is 1.42. The first kappa shape index (κ1) is 10.3. The molecule has 2 rings (SSSR count). The Hall–Kier alpha value is -1.22. The maximum Gasteiger partial charge on any atom is 0.320 e. The lowest BCUT2D eigenvalue weighted by molar-refractivity contribution is 0.100. The number of rotatable bonds is 1. The van der Waals surface area contributed by atoms with E-state index in [0.29, 0.717) is 16.2 Å². The Labute approximate surface area is 98.6 Å². The number of carbonyl (C=O) groups is 1. The Balaban J connectivity index is 2.95. The van der Waals surface area contributed by atoms with Gasteiger partial charge in [-0.3, -0.25) is 4.79 Å². The fraction of sp³-hybridized carbons (Fsp3) is 0. The largest absolute Gasteiger partial charge is 0.438 e. The summed E-state index contributed by atoms with van der Waals surface area (Å²) in [6.07, 6.45) is 0. The SMILES string of the molecule is NC(=O)c1c(N)[n]([Al])c2ccc(Cl)nc12. The molecule has 74 valence electrons. The summed E-state index contributed by atoms with van der Waals surface area (Å²) in [7, 11) is 0. The second-order valence-corrected chi connectivity index (χ2v) is 3.90. The number of hydrogen-bond acceptors (Lipinski definition) is 3. The van der Waals surface area contributed by atoms with Crippen molar-refractivity contribution < 1.29 is 4.79 Å². The van der Waals surface area contributed by atoms with E-state index in [2.05, 4.69) is 21.5 Å². The zero-order chi connectivity index (χ0) is 11.2. The van der Waals surface area contributed by atoms with E-state index in [0.717, 1.165) is 0 Å². The van der Waals surface area contributed by atoms with Gasteiger partial charge in [-0.05, 0) is 12.1 Å². The first-order valence-corrected chi connectivity index (χ1v) is 4.93.